The van der Waals surface area contributed by atoms with Crippen molar-refractivity contribution in [3.8, 4) is 0 Å². The summed E-state index contributed by atoms with van der Waals surface area (Å²) < 4.78 is 0. The molecule has 0 aromatic carbocycles. The van der Waals surface area contributed by atoms with Gasteiger partial charge in [-0.3, -0.25) is 0 Å². The van der Waals surface area contributed by atoms with E-state index < -0.39 is 5.97 Å². The van der Waals surface area contributed by atoms with E-state index in [1.165, 1.54) is 70.3 Å². The van der Waals surface area contributed by atoms with E-state index in [0.29, 0.717) is 0 Å². The first-order valence-corrected chi connectivity index (χ1v) is 8.31. The molecule has 0 unspecified atom stereocenters. The smallest absolute Gasteiger partial charge is 0.327 e. The molecule has 0 rings (SSSR count). The van der Waals surface area contributed by atoms with Gasteiger partial charge in [0.1, 0.15) is 0 Å². The Bertz CT molecular complexity index is 267. The fourth-order valence-electron chi connectivity index (χ4n) is 2.16. The minimum Gasteiger partial charge on any atom is -0.478 e. The van der Waals surface area contributed by atoms with Crippen LogP contribution >= 0.6 is 0 Å². The van der Waals surface area contributed by atoms with Gasteiger partial charge in [0, 0.05) is 6.08 Å². The highest BCUT2D eigenvalue weighted by atomic mass is 16.4. The summed E-state index contributed by atoms with van der Waals surface area (Å²) >= 11 is 0. The van der Waals surface area contributed by atoms with Gasteiger partial charge in [0.05, 0.1) is 0 Å². The molecule has 1 N–H and O–H groups in total. The van der Waals surface area contributed by atoms with Crippen molar-refractivity contribution in [1.82, 2.24) is 0 Å². The molecule has 0 aliphatic carbocycles. The number of hydrogen-bond acceptors (Lipinski definition) is 1. The largest absolute Gasteiger partial charge is 0.478 e. The lowest BCUT2D eigenvalue weighted by molar-refractivity contribution is -0.131. The van der Waals surface area contributed by atoms with Crippen molar-refractivity contribution in [3.63, 3.8) is 0 Å². The van der Waals surface area contributed by atoms with E-state index in [1.807, 2.05) is 0 Å². The van der Waals surface area contributed by atoms with E-state index in [-0.39, 0.29) is 0 Å². The third-order valence-corrected chi connectivity index (χ3v) is 3.39. The molecular formula is C18H32O2. The molecular weight excluding hydrogens is 248 g/mol. The maximum atomic E-state index is 10.2. The van der Waals surface area contributed by atoms with Crippen LogP contribution in [0.5, 0.6) is 0 Å². The van der Waals surface area contributed by atoms with Crippen LogP contribution in [0.4, 0.5) is 0 Å². The van der Waals surface area contributed by atoms with Gasteiger partial charge in [-0.1, -0.05) is 63.7 Å². The molecule has 116 valence electrons. The normalized spacial score (nSPS) is 11.7. The Morgan fingerprint density at radius 1 is 0.750 bits per heavy atom. The van der Waals surface area contributed by atoms with Gasteiger partial charge in [0.15, 0.2) is 0 Å². The first kappa shape index (κ1) is 18.9. The van der Waals surface area contributed by atoms with Gasteiger partial charge < -0.3 is 5.11 Å². The van der Waals surface area contributed by atoms with Crippen molar-refractivity contribution in [2.45, 2.75) is 84.0 Å². The predicted octanol–water partition coefficient (Wildman–Crippen LogP) is 5.88. The van der Waals surface area contributed by atoms with Gasteiger partial charge in [-0.05, 0) is 38.5 Å². The Hall–Kier alpha value is -1.05. The van der Waals surface area contributed by atoms with Crippen LogP contribution in [-0.4, -0.2) is 11.1 Å². The molecule has 0 spiro atoms. The van der Waals surface area contributed by atoms with Gasteiger partial charge in [0.2, 0.25) is 0 Å². The molecule has 0 fully saturated rings. The van der Waals surface area contributed by atoms with Crippen LogP contribution in [0.15, 0.2) is 24.3 Å². The summed E-state index contributed by atoms with van der Waals surface area (Å²) in [5, 5.41) is 8.42. The van der Waals surface area contributed by atoms with Crippen LogP contribution in [0.25, 0.3) is 0 Å². The van der Waals surface area contributed by atoms with Crippen molar-refractivity contribution in [1.29, 1.82) is 0 Å². The molecule has 0 aromatic rings. The maximum Gasteiger partial charge on any atom is 0.327 e. The Balaban J connectivity index is 3.14. The first-order chi connectivity index (χ1) is 9.77. The number of aliphatic carboxylic acids is 1. The summed E-state index contributed by atoms with van der Waals surface area (Å²) in [6.07, 6.45) is 22.6. The second-order valence-corrected chi connectivity index (χ2v) is 5.41. The SMILES string of the molecule is CCCCCCCCC=CCCCCCC=CC(=O)O. The minimum absolute atomic E-state index is 0.845. The second kappa shape index (κ2) is 16.0. The zero-order valence-corrected chi connectivity index (χ0v) is 13.2. The summed E-state index contributed by atoms with van der Waals surface area (Å²) in [6.45, 7) is 2.26. The Morgan fingerprint density at radius 3 is 1.75 bits per heavy atom. The monoisotopic (exact) mass is 280 g/mol. The van der Waals surface area contributed by atoms with Crippen LogP contribution in [0, 0.1) is 0 Å². The summed E-state index contributed by atoms with van der Waals surface area (Å²) in [5.74, 6) is -0.845. The van der Waals surface area contributed by atoms with Crippen molar-refractivity contribution < 1.29 is 9.90 Å². The highest BCUT2D eigenvalue weighted by molar-refractivity contribution is 5.79. The minimum atomic E-state index is -0.845. The number of carboxylic acids is 1. The number of rotatable bonds is 14. The topological polar surface area (TPSA) is 37.3 Å². The number of unbranched alkanes of at least 4 members (excludes halogenated alkanes) is 10. The average Bonchev–Trinajstić information content (AvgIpc) is 2.43. The van der Waals surface area contributed by atoms with Crippen molar-refractivity contribution >= 4 is 5.97 Å². The first-order valence-electron chi connectivity index (χ1n) is 8.31. The fourth-order valence-corrected chi connectivity index (χ4v) is 2.16. The van der Waals surface area contributed by atoms with Crippen LogP contribution in [0.3, 0.4) is 0 Å². The molecule has 0 heterocycles. The van der Waals surface area contributed by atoms with Gasteiger partial charge in [-0.15, -0.1) is 0 Å². The van der Waals surface area contributed by atoms with E-state index in [9.17, 15) is 4.79 Å². The van der Waals surface area contributed by atoms with Gasteiger partial charge >= 0.3 is 5.97 Å². The Labute approximate surface area is 125 Å². The third kappa shape index (κ3) is 16.9. The molecule has 0 amide bonds. The Morgan fingerprint density at radius 2 is 1.20 bits per heavy atom. The third-order valence-electron chi connectivity index (χ3n) is 3.39. The van der Waals surface area contributed by atoms with E-state index in [1.54, 1.807) is 6.08 Å². The van der Waals surface area contributed by atoms with Crippen molar-refractivity contribution in [2.75, 3.05) is 0 Å². The summed E-state index contributed by atoms with van der Waals surface area (Å²) in [5.41, 5.74) is 0. The van der Waals surface area contributed by atoms with Gasteiger partial charge in [-0.2, -0.15) is 0 Å². The number of allylic oxidation sites excluding steroid dienone is 3. The molecule has 0 aromatic heterocycles. The lowest BCUT2D eigenvalue weighted by Crippen LogP contribution is -1.85. The van der Waals surface area contributed by atoms with E-state index in [2.05, 4.69) is 19.1 Å². The molecule has 0 radical (unpaired) electrons. The molecule has 0 saturated heterocycles. The summed E-state index contributed by atoms with van der Waals surface area (Å²) in [6, 6.07) is 0. The molecule has 20 heavy (non-hydrogen) atoms. The van der Waals surface area contributed by atoms with Crippen LogP contribution < -0.4 is 0 Å². The van der Waals surface area contributed by atoms with E-state index in [4.69, 9.17) is 5.11 Å². The molecule has 2 heteroatoms. The molecule has 0 bridgehead atoms. The number of carbonyl (C=O) groups is 1. The van der Waals surface area contributed by atoms with Crippen LogP contribution in [0.2, 0.25) is 0 Å². The standard InChI is InChI=1S/C18H32O2/c1-2-3-4-5-6-7-8-9-10-11-12-13-14-15-16-17-18(19)20/h9-10,16-17H,2-8,11-15H2,1H3,(H,19,20). The average molecular weight is 280 g/mol. The Kier molecular flexibility index (Phi) is 15.2. The molecule has 0 aliphatic rings. The van der Waals surface area contributed by atoms with Crippen LogP contribution in [-0.2, 0) is 4.79 Å². The van der Waals surface area contributed by atoms with Crippen molar-refractivity contribution in [3.05, 3.63) is 24.3 Å². The van der Waals surface area contributed by atoms with E-state index in [0.717, 1.165) is 12.8 Å². The lowest BCUT2D eigenvalue weighted by Gasteiger charge is -1.98. The summed E-state index contributed by atoms with van der Waals surface area (Å²) in [4.78, 5) is 10.2. The lowest BCUT2D eigenvalue weighted by atomic mass is 10.1. The zero-order chi connectivity index (χ0) is 14.9. The van der Waals surface area contributed by atoms with Crippen LogP contribution in [0.1, 0.15) is 84.0 Å². The van der Waals surface area contributed by atoms with Gasteiger partial charge in [-0.25, -0.2) is 4.79 Å². The molecule has 2 nitrogen and oxygen atoms in total. The predicted molar refractivity (Wildman–Crippen MR) is 87.0 cm³/mol. The quantitative estimate of drug-likeness (QED) is 0.245. The fraction of sp³-hybridized carbons (Fsp3) is 0.722. The highest BCUT2D eigenvalue weighted by Gasteiger charge is 1.89. The molecule has 0 saturated carbocycles. The number of hydrogen-bond donors (Lipinski definition) is 1. The zero-order valence-electron chi connectivity index (χ0n) is 13.2. The van der Waals surface area contributed by atoms with Crippen molar-refractivity contribution in [2.24, 2.45) is 0 Å². The molecule has 0 atom stereocenters. The summed E-state index contributed by atoms with van der Waals surface area (Å²) in [7, 11) is 0. The maximum absolute atomic E-state index is 10.2. The highest BCUT2D eigenvalue weighted by Crippen LogP contribution is 2.08. The number of carboxylic acid groups (broad SMARTS) is 1. The molecule has 0 aliphatic heterocycles. The van der Waals surface area contributed by atoms with Gasteiger partial charge in [0.25, 0.3) is 0 Å². The second-order valence-electron chi connectivity index (χ2n) is 5.41. The van der Waals surface area contributed by atoms with E-state index >= 15 is 0 Å².